The van der Waals surface area contributed by atoms with E-state index in [9.17, 15) is 4.79 Å². The molecule has 1 aromatic rings. The molecule has 1 aliphatic rings. The summed E-state index contributed by atoms with van der Waals surface area (Å²) >= 11 is 2.01. The lowest BCUT2D eigenvalue weighted by Gasteiger charge is -2.25. The number of thioether (sulfide) groups is 1. The second-order valence-corrected chi connectivity index (χ2v) is 5.38. The molecule has 0 radical (unpaired) electrons. The van der Waals surface area contributed by atoms with Crippen molar-refractivity contribution in [2.45, 2.75) is 6.42 Å². The maximum absolute atomic E-state index is 11.7. The van der Waals surface area contributed by atoms with Gasteiger partial charge in [0.15, 0.2) is 0 Å². The molecule has 1 saturated heterocycles. The van der Waals surface area contributed by atoms with Gasteiger partial charge < -0.3 is 10.2 Å². The summed E-state index contributed by atoms with van der Waals surface area (Å²) in [4.78, 5) is 21.9. The fraction of sp³-hybridized carbons (Fsp3) is 0.583. The minimum absolute atomic E-state index is 0.141. The lowest BCUT2D eigenvalue weighted by Crippen LogP contribution is -2.35. The van der Waals surface area contributed by atoms with E-state index >= 15 is 0 Å². The molecule has 1 aromatic heterocycles. The van der Waals surface area contributed by atoms with Gasteiger partial charge in [-0.2, -0.15) is 11.8 Å². The van der Waals surface area contributed by atoms with E-state index in [0.717, 1.165) is 13.0 Å². The summed E-state index contributed by atoms with van der Waals surface area (Å²) in [6.07, 6.45) is 5.55. The second kappa shape index (κ2) is 7.33. The van der Waals surface area contributed by atoms with Gasteiger partial charge >= 0.3 is 0 Å². The van der Waals surface area contributed by atoms with E-state index in [4.69, 9.17) is 0 Å². The number of amides is 1. The molecule has 1 N–H and O–H groups in total. The number of hydrogen-bond donors (Lipinski definition) is 1. The summed E-state index contributed by atoms with van der Waals surface area (Å²) in [7, 11) is 0. The largest absolute Gasteiger partial charge is 0.351 e. The van der Waals surface area contributed by atoms with Crippen molar-refractivity contribution in [2.75, 3.05) is 37.7 Å². The van der Waals surface area contributed by atoms with E-state index in [2.05, 4.69) is 20.2 Å². The lowest BCUT2D eigenvalue weighted by molar-refractivity contribution is 0.0946. The van der Waals surface area contributed by atoms with Gasteiger partial charge in [-0.15, -0.1) is 0 Å². The van der Waals surface area contributed by atoms with Crippen LogP contribution in [0.1, 0.15) is 16.9 Å². The van der Waals surface area contributed by atoms with Crippen molar-refractivity contribution < 1.29 is 4.79 Å². The molecular weight excluding hydrogens is 248 g/mol. The maximum atomic E-state index is 11.7. The molecule has 0 atom stereocenters. The van der Waals surface area contributed by atoms with Crippen LogP contribution in [0.2, 0.25) is 0 Å². The highest BCUT2D eigenvalue weighted by Crippen LogP contribution is 2.08. The Morgan fingerprint density at radius 1 is 1.39 bits per heavy atom. The zero-order valence-corrected chi connectivity index (χ0v) is 11.2. The van der Waals surface area contributed by atoms with Crippen LogP contribution in [0.25, 0.3) is 0 Å². The van der Waals surface area contributed by atoms with Gasteiger partial charge in [-0.3, -0.25) is 9.78 Å². The highest BCUT2D eigenvalue weighted by Gasteiger charge is 2.10. The molecule has 18 heavy (non-hydrogen) atoms. The Morgan fingerprint density at radius 2 is 2.22 bits per heavy atom. The van der Waals surface area contributed by atoms with E-state index in [1.807, 2.05) is 11.8 Å². The first kappa shape index (κ1) is 13.3. The first-order valence-corrected chi connectivity index (χ1v) is 7.36. The average Bonchev–Trinajstić information content (AvgIpc) is 2.45. The Hall–Kier alpha value is -1.14. The van der Waals surface area contributed by atoms with Crippen molar-refractivity contribution in [2.24, 2.45) is 0 Å². The van der Waals surface area contributed by atoms with Gasteiger partial charge in [-0.05, 0) is 13.0 Å². The molecule has 1 fully saturated rings. The first-order chi connectivity index (χ1) is 8.86. The molecule has 1 aliphatic heterocycles. The van der Waals surface area contributed by atoms with Crippen LogP contribution in [0.3, 0.4) is 0 Å². The van der Waals surface area contributed by atoms with Crippen LogP contribution in [-0.4, -0.2) is 58.5 Å². The zero-order chi connectivity index (χ0) is 12.6. The number of carbonyl (C=O) groups is 1. The minimum atomic E-state index is -0.141. The predicted molar refractivity (Wildman–Crippen MR) is 72.7 cm³/mol. The third kappa shape index (κ3) is 4.27. The standard InChI is InChI=1S/C12H18N4OS/c17-12(11-10-13-3-4-14-11)15-2-1-5-16-6-8-18-9-7-16/h3-4,10H,1-2,5-9H2,(H,15,17). The van der Waals surface area contributed by atoms with Crippen LogP contribution >= 0.6 is 11.8 Å². The number of rotatable bonds is 5. The van der Waals surface area contributed by atoms with E-state index in [1.165, 1.54) is 37.0 Å². The normalized spacial score (nSPS) is 16.4. The highest BCUT2D eigenvalue weighted by molar-refractivity contribution is 7.99. The number of carbonyl (C=O) groups excluding carboxylic acids is 1. The van der Waals surface area contributed by atoms with Crippen molar-refractivity contribution in [3.8, 4) is 0 Å². The third-order valence-corrected chi connectivity index (χ3v) is 3.78. The number of nitrogens with one attached hydrogen (secondary N) is 1. The topological polar surface area (TPSA) is 58.1 Å². The molecule has 0 aromatic carbocycles. The summed E-state index contributed by atoms with van der Waals surface area (Å²) in [6.45, 7) is 4.09. The molecule has 2 heterocycles. The van der Waals surface area contributed by atoms with Crippen LogP contribution in [-0.2, 0) is 0 Å². The Labute approximate surface area is 111 Å². The van der Waals surface area contributed by atoms with Crippen LogP contribution in [0, 0.1) is 0 Å². The van der Waals surface area contributed by atoms with Crippen LogP contribution in [0.5, 0.6) is 0 Å². The molecule has 0 saturated carbocycles. The predicted octanol–water partition coefficient (Wildman–Crippen LogP) is 0.645. The second-order valence-electron chi connectivity index (χ2n) is 4.15. The van der Waals surface area contributed by atoms with Gasteiger partial charge in [-0.25, -0.2) is 4.98 Å². The lowest BCUT2D eigenvalue weighted by atomic mass is 10.3. The Bertz CT molecular complexity index is 368. The summed E-state index contributed by atoms with van der Waals surface area (Å²) < 4.78 is 0. The molecule has 0 spiro atoms. The molecule has 0 aliphatic carbocycles. The molecule has 6 heteroatoms. The van der Waals surface area contributed by atoms with Crippen LogP contribution in [0.4, 0.5) is 0 Å². The Kier molecular flexibility index (Phi) is 5.41. The van der Waals surface area contributed by atoms with Gasteiger partial charge in [0.25, 0.3) is 5.91 Å². The minimum Gasteiger partial charge on any atom is -0.351 e. The van der Waals surface area contributed by atoms with E-state index in [1.54, 1.807) is 6.20 Å². The fourth-order valence-corrected chi connectivity index (χ4v) is 2.81. The molecule has 2 rings (SSSR count). The molecule has 0 unspecified atom stereocenters. The summed E-state index contributed by atoms with van der Waals surface area (Å²) in [5, 5.41) is 2.87. The van der Waals surface area contributed by atoms with E-state index in [-0.39, 0.29) is 5.91 Å². The molecule has 98 valence electrons. The monoisotopic (exact) mass is 266 g/mol. The van der Waals surface area contributed by atoms with Crippen molar-refractivity contribution in [3.63, 3.8) is 0 Å². The van der Waals surface area contributed by atoms with E-state index in [0.29, 0.717) is 12.2 Å². The zero-order valence-electron chi connectivity index (χ0n) is 10.3. The van der Waals surface area contributed by atoms with Crippen molar-refractivity contribution in [1.29, 1.82) is 0 Å². The molecule has 1 amide bonds. The number of nitrogens with zero attached hydrogens (tertiary/aromatic N) is 3. The Balaban J connectivity index is 1.62. The van der Waals surface area contributed by atoms with Gasteiger partial charge in [0.2, 0.25) is 0 Å². The number of aromatic nitrogens is 2. The molecule has 5 nitrogen and oxygen atoms in total. The fourth-order valence-electron chi connectivity index (χ4n) is 1.84. The first-order valence-electron chi connectivity index (χ1n) is 6.20. The van der Waals surface area contributed by atoms with Crippen molar-refractivity contribution in [1.82, 2.24) is 20.2 Å². The maximum Gasteiger partial charge on any atom is 0.271 e. The van der Waals surface area contributed by atoms with Crippen LogP contribution in [0.15, 0.2) is 18.6 Å². The van der Waals surface area contributed by atoms with Gasteiger partial charge in [0, 0.05) is 43.5 Å². The summed E-state index contributed by atoms with van der Waals surface area (Å²) in [5.41, 5.74) is 0.381. The van der Waals surface area contributed by atoms with Gasteiger partial charge in [0.1, 0.15) is 5.69 Å². The summed E-state index contributed by atoms with van der Waals surface area (Å²) in [5.74, 6) is 2.31. The molecular formula is C12H18N4OS. The van der Waals surface area contributed by atoms with Gasteiger partial charge in [0.05, 0.1) is 6.20 Å². The third-order valence-electron chi connectivity index (χ3n) is 2.84. The Morgan fingerprint density at radius 3 is 2.94 bits per heavy atom. The number of hydrogen-bond acceptors (Lipinski definition) is 5. The van der Waals surface area contributed by atoms with E-state index < -0.39 is 0 Å². The summed E-state index contributed by atoms with van der Waals surface area (Å²) in [6, 6.07) is 0. The van der Waals surface area contributed by atoms with Crippen molar-refractivity contribution >= 4 is 17.7 Å². The van der Waals surface area contributed by atoms with Crippen LogP contribution < -0.4 is 5.32 Å². The quantitative estimate of drug-likeness (QED) is 0.793. The van der Waals surface area contributed by atoms with Gasteiger partial charge in [-0.1, -0.05) is 0 Å². The SMILES string of the molecule is O=C(NCCCN1CCSCC1)c1cnccn1. The highest BCUT2D eigenvalue weighted by atomic mass is 32.2. The molecule has 0 bridgehead atoms. The smallest absolute Gasteiger partial charge is 0.271 e. The van der Waals surface area contributed by atoms with Crippen molar-refractivity contribution in [3.05, 3.63) is 24.3 Å². The average molecular weight is 266 g/mol.